The number of ether oxygens (including phenoxy) is 3. The Labute approximate surface area is 212 Å². The lowest BCUT2D eigenvalue weighted by Crippen LogP contribution is -2.33. The summed E-state index contributed by atoms with van der Waals surface area (Å²) in [7, 11) is 0.0609. The maximum atomic E-state index is 13.5. The van der Waals surface area contributed by atoms with Gasteiger partial charge in [0.05, 0.1) is 26.6 Å². The van der Waals surface area contributed by atoms with Gasteiger partial charge in [-0.05, 0) is 31.2 Å². The Morgan fingerprint density at radius 3 is 2.19 bits per heavy atom. The third-order valence-corrected chi connectivity index (χ3v) is 7.17. The molecule has 0 unspecified atom stereocenters. The highest BCUT2D eigenvalue weighted by Gasteiger charge is 2.35. The van der Waals surface area contributed by atoms with Crippen molar-refractivity contribution in [1.29, 1.82) is 0 Å². The van der Waals surface area contributed by atoms with Crippen LogP contribution < -0.4 is 14.2 Å². The van der Waals surface area contributed by atoms with E-state index < -0.39 is 27.2 Å². The lowest BCUT2D eigenvalue weighted by atomic mass is 10.2. The van der Waals surface area contributed by atoms with E-state index >= 15 is 0 Å². The largest absolute Gasteiger partial charge is 0.494 e. The Bertz CT molecular complexity index is 1440. The predicted molar refractivity (Wildman–Crippen MR) is 131 cm³/mol. The molecule has 12 nitrogen and oxygen atoms in total. The van der Waals surface area contributed by atoms with Gasteiger partial charge in [-0.25, -0.2) is 22.8 Å². The van der Waals surface area contributed by atoms with Crippen LogP contribution in [-0.2, 0) is 14.8 Å². The van der Waals surface area contributed by atoms with E-state index in [-0.39, 0.29) is 17.6 Å². The summed E-state index contributed by atoms with van der Waals surface area (Å²) in [6.07, 6.45) is 2.34. The number of nitrogens with one attached hydrogen (secondary N) is 1. The number of hydrogen-bond acceptors (Lipinski definition) is 10. The van der Waals surface area contributed by atoms with Gasteiger partial charge in [0.2, 0.25) is 16.0 Å². The molecule has 14 heteroatoms. The van der Waals surface area contributed by atoms with Crippen LogP contribution in [0.4, 0.5) is 10.3 Å². The monoisotopic (exact) mass is 529 g/mol. The Balaban J connectivity index is 1.83. The summed E-state index contributed by atoms with van der Waals surface area (Å²) in [6.45, 7) is 1.41. The molecule has 4 aromatic rings. The second-order valence-electron chi connectivity index (χ2n) is 7.68. The molecule has 0 amide bonds. The number of pyridine rings is 1. The summed E-state index contributed by atoms with van der Waals surface area (Å²) in [5.74, 6) is 0.180. The number of halogens is 1. The Hall–Kier alpha value is -4.17. The number of nitrogens with zero attached hydrogens (tertiary/aromatic N) is 6. The molecule has 0 saturated carbocycles. The maximum absolute atomic E-state index is 13.5. The van der Waals surface area contributed by atoms with Crippen molar-refractivity contribution in [3.05, 3.63) is 66.6 Å². The lowest BCUT2D eigenvalue weighted by Gasteiger charge is -2.22. The minimum absolute atomic E-state index is 0.00353. The predicted octanol–water partition coefficient (Wildman–Crippen LogP) is 2.79. The molecule has 0 aliphatic heterocycles. The zero-order chi connectivity index (χ0) is 26.6. The molecule has 0 saturated heterocycles. The molecule has 194 valence electrons. The molecule has 37 heavy (non-hydrogen) atoms. The van der Waals surface area contributed by atoms with Crippen molar-refractivity contribution in [3.8, 4) is 28.7 Å². The van der Waals surface area contributed by atoms with Gasteiger partial charge in [-0.15, -0.1) is 10.2 Å². The fraction of sp³-hybridized carbons (Fsp3) is 0.261. The van der Waals surface area contributed by atoms with Crippen molar-refractivity contribution in [2.45, 2.75) is 18.3 Å². The van der Waals surface area contributed by atoms with E-state index in [1.807, 2.05) is 0 Å². The molecule has 0 fully saturated rings. The maximum Gasteiger partial charge on any atom is 0.243 e. The van der Waals surface area contributed by atoms with Crippen LogP contribution in [0, 0.1) is 5.82 Å². The fourth-order valence-corrected chi connectivity index (χ4v) is 4.76. The van der Waals surface area contributed by atoms with Crippen molar-refractivity contribution >= 4 is 16.0 Å². The number of anilines is 1. The van der Waals surface area contributed by atoms with Crippen LogP contribution >= 0.6 is 0 Å². The molecule has 0 spiro atoms. The zero-order valence-corrected chi connectivity index (χ0v) is 21.2. The van der Waals surface area contributed by atoms with Crippen LogP contribution in [-0.4, -0.2) is 64.7 Å². The fourth-order valence-electron chi connectivity index (χ4n) is 3.63. The standard InChI is InChI=1S/C23H24FN7O5S/c1-14(20(36-4)21-26-12-15(24)13-27-21)37(32,33)30-23-29-28-22(16-8-5-6-11-25-16)31(23)19-17(34-2)9-7-10-18(19)35-3/h5-14,20H,1-4H3,(H,29,30)/t14-,20-/m1/s1. The van der Waals surface area contributed by atoms with Gasteiger partial charge in [0.15, 0.2) is 17.5 Å². The van der Waals surface area contributed by atoms with E-state index in [0.29, 0.717) is 22.9 Å². The summed E-state index contributed by atoms with van der Waals surface area (Å²) < 4.78 is 60.7. The second-order valence-corrected chi connectivity index (χ2v) is 9.71. The number of rotatable bonds is 10. The Morgan fingerprint density at radius 1 is 0.946 bits per heavy atom. The molecule has 0 bridgehead atoms. The van der Waals surface area contributed by atoms with Crippen molar-refractivity contribution in [3.63, 3.8) is 0 Å². The number of aromatic nitrogens is 6. The number of para-hydroxylation sites is 1. The number of benzene rings is 1. The minimum Gasteiger partial charge on any atom is -0.494 e. The van der Waals surface area contributed by atoms with Crippen LogP contribution in [0.3, 0.4) is 0 Å². The van der Waals surface area contributed by atoms with E-state index in [2.05, 4.69) is 29.9 Å². The van der Waals surface area contributed by atoms with Crippen LogP contribution in [0.25, 0.3) is 17.2 Å². The SMILES string of the molecule is COc1cccc(OC)c1-n1c(NS(=O)(=O)[C@H](C)[C@@H](OC)c2ncc(F)cn2)nnc1-c1ccccn1. The van der Waals surface area contributed by atoms with Crippen LogP contribution in [0.1, 0.15) is 18.9 Å². The van der Waals surface area contributed by atoms with E-state index in [0.717, 1.165) is 12.4 Å². The Kier molecular flexibility index (Phi) is 7.59. The van der Waals surface area contributed by atoms with Gasteiger partial charge in [-0.2, -0.15) is 0 Å². The van der Waals surface area contributed by atoms with Gasteiger partial charge in [0.25, 0.3) is 0 Å². The molecule has 0 aliphatic rings. The first-order valence-electron chi connectivity index (χ1n) is 10.9. The summed E-state index contributed by atoms with van der Waals surface area (Å²) in [4.78, 5) is 12.1. The first-order valence-corrected chi connectivity index (χ1v) is 12.5. The average molecular weight is 530 g/mol. The summed E-state index contributed by atoms with van der Waals surface area (Å²) in [6, 6.07) is 10.3. The first-order chi connectivity index (χ1) is 17.8. The number of hydrogen-bond donors (Lipinski definition) is 1. The van der Waals surface area contributed by atoms with E-state index in [1.54, 1.807) is 42.6 Å². The van der Waals surface area contributed by atoms with Gasteiger partial charge < -0.3 is 14.2 Å². The smallest absolute Gasteiger partial charge is 0.243 e. The Morgan fingerprint density at radius 2 is 1.62 bits per heavy atom. The lowest BCUT2D eigenvalue weighted by molar-refractivity contribution is 0.0948. The van der Waals surface area contributed by atoms with Crippen LogP contribution in [0.15, 0.2) is 55.0 Å². The van der Waals surface area contributed by atoms with Crippen molar-refractivity contribution in [1.82, 2.24) is 29.7 Å². The molecule has 2 atom stereocenters. The molecule has 3 aromatic heterocycles. The van der Waals surface area contributed by atoms with Crippen molar-refractivity contribution < 1.29 is 27.0 Å². The highest BCUT2D eigenvalue weighted by Crippen LogP contribution is 2.37. The highest BCUT2D eigenvalue weighted by atomic mass is 32.2. The minimum atomic E-state index is -4.20. The summed E-state index contributed by atoms with van der Waals surface area (Å²) in [5, 5.41) is 7.09. The quantitative estimate of drug-likeness (QED) is 0.326. The molecule has 1 aromatic carbocycles. The third-order valence-electron chi connectivity index (χ3n) is 5.48. The second kappa shape index (κ2) is 10.8. The highest BCUT2D eigenvalue weighted by molar-refractivity contribution is 7.93. The van der Waals surface area contributed by atoms with Gasteiger partial charge >= 0.3 is 0 Å². The number of methoxy groups -OCH3 is 3. The van der Waals surface area contributed by atoms with Crippen molar-refractivity contribution in [2.75, 3.05) is 26.1 Å². The molecule has 1 N–H and O–H groups in total. The molecule has 4 rings (SSSR count). The van der Waals surface area contributed by atoms with Gasteiger partial charge in [-0.3, -0.25) is 14.3 Å². The van der Waals surface area contributed by atoms with Gasteiger partial charge in [0, 0.05) is 13.3 Å². The normalized spacial score (nSPS) is 13.1. The van der Waals surface area contributed by atoms with Crippen molar-refractivity contribution in [2.24, 2.45) is 0 Å². The summed E-state index contributed by atoms with van der Waals surface area (Å²) >= 11 is 0. The molecule has 3 heterocycles. The van der Waals surface area contributed by atoms with Gasteiger partial charge in [0.1, 0.15) is 34.2 Å². The molecule has 0 radical (unpaired) electrons. The molecular weight excluding hydrogens is 505 g/mol. The first kappa shape index (κ1) is 25.9. The third kappa shape index (κ3) is 5.20. The van der Waals surface area contributed by atoms with Crippen LogP contribution in [0.5, 0.6) is 11.5 Å². The number of sulfonamides is 1. The van der Waals surface area contributed by atoms with E-state index in [9.17, 15) is 12.8 Å². The van der Waals surface area contributed by atoms with Crippen LogP contribution in [0.2, 0.25) is 0 Å². The molecule has 0 aliphatic carbocycles. The topological polar surface area (TPSA) is 143 Å². The zero-order valence-electron chi connectivity index (χ0n) is 20.4. The summed E-state index contributed by atoms with van der Waals surface area (Å²) in [5.41, 5.74) is 0.782. The molecular formula is C23H24FN7O5S. The van der Waals surface area contributed by atoms with E-state index in [4.69, 9.17) is 14.2 Å². The van der Waals surface area contributed by atoms with E-state index in [1.165, 1.54) is 32.8 Å². The average Bonchev–Trinajstić information content (AvgIpc) is 3.32. The van der Waals surface area contributed by atoms with Gasteiger partial charge in [-0.1, -0.05) is 12.1 Å².